The minimum atomic E-state index is 0.582. The maximum Gasteiger partial charge on any atom is 0.132 e. The van der Waals surface area contributed by atoms with Crippen LogP contribution in [-0.2, 0) is 0 Å². The van der Waals surface area contributed by atoms with Crippen LogP contribution in [0.3, 0.4) is 0 Å². The predicted molar refractivity (Wildman–Crippen MR) is 74.8 cm³/mol. The molecule has 0 spiro atoms. The minimum Gasteiger partial charge on any atom is -0.352 e. The molecule has 0 amide bonds. The second-order valence-electron chi connectivity index (χ2n) is 5.50. The smallest absolute Gasteiger partial charge is 0.132 e. The Morgan fingerprint density at radius 3 is 3.06 bits per heavy atom. The molecule has 1 aromatic rings. The number of nitrogens with one attached hydrogen (secondary N) is 1. The highest BCUT2D eigenvalue weighted by Gasteiger charge is 2.25. The number of hydrogen-bond acceptors (Lipinski definition) is 4. The summed E-state index contributed by atoms with van der Waals surface area (Å²) in [5.74, 6) is 2.64. The summed E-state index contributed by atoms with van der Waals surface area (Å²) >= 11 is 0. The Balaban J connectivity index is 1.95. The molecule has 4 heteroatoms. The zero-order chi connectivity index (χ0) is 13.0. The van der Waals surface area contributed by atoms with E-state index in [1.54, 1.807) is 0 Å². The van der Waals surface area contributed by atoms with E-state index in [0.29, 0.717) is 12.0 Å². The fourth-order valence-corrected chi connectivity index (χ4v) is 2.49. The fourth-order valence-electron chi connectivity index (χ4n) is 2.49. The van der Waals surface area contributed by atoms with Crippen LogP contribution in [0, 0.1) is 12.8 Å². The van der Waals surface area contributed by atoms with Gasteiger partial charge in [-0.2, -0.15) is 0 Å². The number of rotatable bonds is 5. The third-order valence-corrected chi connectivity index (χ3v) is 3.37. The van der Waals surface area contributed by atoms with Crippen LogP contribution in [0.1, 0.15) is 32.5 Å². The Morgan fingerprint density at radius 2 is 2.33 bits per heavy atom. The van der Waals surface area contributed by atoms with E-state index in [9.17, 15) is 0 Å². The molecule has 1 saturated heterocycles. The molecule has 1 unspecified atom stereocenters. The van der Waals surface area contributed by atoms with Crippen LogP contribution in [0.25, 0.3) is 0 Å². The standard InChI is InChI=1S/C14H24N4/c1-11(2)9-15-10-13-5-4-8-18(13)14-6-7-16-12(3)17-14/h6-7,11,13,15H,4-5,8-10H2,1-3H3. The summed E-state index contributed by atoms with van der Waals surface area (Å²) in [6.45, 7) is 9.70. The van der Waals surface area contributed by atoms with Crippen molar-refractivity contribution in [2.24, 2.45) is 5.92 Å². The van der Waals surface area contributed by atoms with Gasteiger partial charge < -0.3 is 10.2 Å². The van der Waals surface area contributed by atoms with Gasteiger partial charge in [-0.1, -0.05) is 13.8 Å². The molecule has 18 heavy (non-hydrogen) atoms. The summed E-state index contributed by atoms with van der Waals surface area (Å²) < 4.78 is 0. The summed E-state index contributed by atoms with van der Waals surface area (Å²) in [5.41, 5.74) is 0. The first-order valence-electron chi connectivity index (χ1n) is 6.94. The van der Waals surface area contributed by atoms with Crippen LogP contribution in [0.4, 0.5) is 5.82 Å². The molecule has 0 bridgehead atoms. The Labute approximate surface area is 110 Å². The monoisotopic (exact) mass is 248 g/mol. The molecular weight excluding hydrogens is 224 g/mol. The SMILES string of the molecule is Cc1nccc(N2CCCC2CNCC(C)C)n1. The molecule has 1 fully saturated rings. The average Bonchev–Trinajstić information content (AvgIpc) is 2.77. The van der Waals surface area contributed by atoms with Gasteiger partial charge in [0, 0.05) is 25.3 Å². The molecule has 100 valence electrons. The lowest BCUT2D eigenvalue weighted by molar-refractivity contribution is 0.511. The molecule has 1 aromatic heterocycles. The molecule has 4 nitrogen and oxygen atoms in total. The van der Waals surface area contributed by atoms with Crippen molar-refractivity contribution < 1.29 is 0 Å². The first-order chi connectivity index (χ1) is 8.66. The van der Waals surface area contributed by atoms with Crippen molar-refractivity contribution in [2.45, 2.75) is 39.7 Å². The number of hydrogen-bond donors (Lipinski definition) is 1. The summed E-state index contributed by atoms with van der Waals surface area (Å²) in [4.78, 5) is 11.1. The van der Waals surface area contributed by atoms with E-state index in [4.69, 9.17) is 0 Å². The lowest BCUT2D eigenvalue weighted by atomic mass is 10.2. The quantitative estimate of drug-likeness (QED) is 0.865. The zero-order valence-electron chi connectivity index (χ0n) is 11.7. The topological polar surface area (TPSA) is 41.1 Å². The van der Waals surface area contributed by atoms with E-state index in [0.717, 1.165) is 31.3 Å². The molecule has 2 rings (SSSR count). The number of nitrogens with zero attached hydrogens (tertiary/aromatic N) is 3. The van der Waals surface area contributed by atoms with Crippen molar-refractivity contribution >= 4 is 5.82 Å². The van der Waals surface area contributed by atoms with Gasteiger partial charge in [0.1, 0.15) is 11.6 Å². The molecule has 0 saturated carbocycles. The van der Waals surface area contributed by atoms with Gasteiger partial charge in [0.05, 0.1) is 0 Å². The van der Waals surface area contributed by atoms with E-state index in [1.165, 1.54) is 12.8 Å². The molecule has 1 aliphatic rings. The third kappa shape index (κ3) is 3.42. The summed E-state index contributed by atoms with van der Waals surface area (Å²) in [6.07, 6.45) is 4.37. The lowest BCUT2D eigenvalue weighted by Crippen LogP contribution is -2.39. The Morgan fingerprint density at radius 1 is 1.50 bits per heavy atom. The van der Waals surface area contributed by atoms with Crippen LogP contribution >= 0.6 is 0 Å². The van der Waals surface area contributed by atoms with E-state index in [1.807, 2.05) is 19.2 Å². The van der Waals surface area contributed by atoms with Crippen molar-refractivity contribution in [1.82, 2.24) is 15.3 Å². The normalized spacial score (nSPS) is 19.8. The van der Waals surface area contributed by atoms with Crippen LogP contribution < -0.4 is 10.2 Å². The largest absolute Gasteiger partial charge is 0.352 e. The van der Waals surface area contributed by atoms with Crippen molar-refractivity contribution in [3.63, 3.8) is 0 Å². The molecule has 2 heterocycles. The third-order valence-electron chi connectivity index (χ3n) is 3.37. The molecule has 1 atom stereocenters. The first kappa shape index (κ1) is 13.3. The van der Waals surface area contributed by atoms with Crippen molar-refractivity contribution in [1.29, 1.82) is 0 Å². The van der Waals surface area contributed by atoms with Gasteiger partial charge in [0.2, 0.25) is 0 Å². The Bertz CT molecular complexity index is 378. The van der Waals surface area contributed by atoms with Gasteiger partial charge in [-0.05, 0) is 38.3 Å². The molecule has 0 radical (unpaired) electrons. The van der Waals surface area contributed by atoms with E-state index < -0.39 is 0 Å². The predicted octanol–water partition coefficient (Wildman–Crippen LogP) is 2.00. The van der Waals surface area contributed by atoms with Gasteiger partial charge in [-0.25, -0.2) is 9.97 Å². The van der Waals surface area contributed by atoms with Crippen LogP contribution in [0.2, 0.25) is 0 Å². The van der Waals surface area contributed by atoms with Gasteiger partial charge >= 0.3 is 0 Å². The van der Waals surface area contributed by atoms with E-state index in [2.05, 4.69) is 34.0 Å². The number of aryl methyl sites for hydroxylation is 1. The lowest BCUT2D eigenvalue weighted by Gasteiger charge is -2.26. The van der Waals surface area contributed by atoms with Gasteiger partial charge in [0.25, 0.3) is 0 Å². The maximum absolute atomic E-state index is 4.54. The van der Waals surface area contributed by atoms with Crippen LogP contribution in [0.15, 0.2) is 12.3 Å². The van der Waals surface area contributed by atoms with E-state index >= 15 is 0 Å². The Hall–Kier alpha value is -1.16. The minimum absolute atomic E-state index is 0.582. The van der Waals surface area contributed by atoms with Gasteiger partial charge in [-0.15, -0.1) is 0 Å². The summed E-state index contributed by atoms with van der Waals surface area (Å²) in [7, 11) is 0. The highest BCUT2D eigenvalue weighted by atomic mass is 15.2. The number of aromatic nitrogens is 2. The van der Waals surface area contributed by atoms with Crippen molar-refractivity contribution in [3.8, 4) is 0 Å². The number of anilines is 1. The van der Waals surface area contributed by atoms with Gasteiger partial charge in [0.15, 0.2) is 0 Å². The molecule has 1 N–H and O–H groups in total. The highest BCUT2D eigenvalue weighted by Crippen LogP contribution is 2.23. The summed E-state index contributed by atoms with van der Waals surface area (Å²) in [6, 6.07) is 2.60. The van der Waals surface area contributed by atoms with Crippen LogP contribution in [-0.4, -0.2) is 35.6 Å². The molecular formula is C14H24N4. The highest BCUT2D eigenvalue weighted by molar-refractivity contribution is 5.40. The van der Waals surface area contributed by atoms with Gasteiger partial charge in [-0.3, -0.25) is 0 Å². The Kier molecular flexibility index (Phi) is 4.53. The van der Waals surface area contributed by atoms with E-state index in [-0.39, 0.29) is 0 Å². The molecule has 0 aromatic carbocycles. The first-order valence-corrected chi connectivity index (χ1v) is 6.94. The van der Waals surface area contributed by atoms with Crippen LogP contribution in [0.5, 0.6) is 0 Å². The van der Waals surface area contributed by atoms with Crippen molar-refractivity contribution in [3.05, 3.63) is 18.1 Å². The fraction of sp³-hybridized carbons (Fsp3) is 0.714. The molecule has 1 aliphatic heterocycles. The average molecular weight is 248 g/mol. The maximum atomic E-state index is 4.54. The molecule has 0 aliphatic carbocycles. The van der Waals surface area contributed by atoms with Crippen molar-refractivity contribution in [2.75, 3.05) is 24.5 Å². The summed E-state index contributed by atoms with van der Waals surface area (Å²) in [5, 5.41) is 3.56. The second kappa shape index (κ2) is 6.14. The second-order valence-corrected chi connectivity index (χ2v) is 5.50. The zero-order valence-corrected chi connectivity index (χ0v) is 11.7.